The van der Waals surface area contributed by atoms with Crippen molar-refractivity contribution >= 4 is 40.3 Å². The molecule has 266 valence electrons. The van der Waals surface area contributed by atoms with Crippen molar-refractivity contribution in [3.63, 3.8) is 0 Å². The Morgan fingerprint density at radius 1 is 0.694 bits per heavy atom. The minimum absolute atomic E-state index is 0.173. The van der Waals surface area contributed by atoms with Gasteiger partial charge in [-0.25, -0.2) is 28.7 Å². The Morgan fingerprint density at radius 3 is 1.63 bits per heavy atom. The van der Waals surface area contributed by atoms with Gasteiger partial charge in [0.25, 0.3) is 0 Å². The number of carboxylic acids is 3. The zero-order valence-corrected chi connectivity index (χ0v) is 24.2. The first kappa shape index (κ1) is 39.5. The highest BCUT2D eigenvalue weighted by molar-refractivity contribution is 5.93. The monoisotopic (exact) mass is 716 g/mol. The predicted molar refractivity (Wildman–Crippen MR) is 149 cm³/mol. The molecule has 1 fully saturated rings. The molecule has 2 aromatic heterocycles. The van der Waals surface area contributed by atoms with E-state index in [9.17, 15) is 43.9 Å². The Hall–Kier alpha value is -5.70. The highest BCUT2D eigenvalue weighted by Crippen LogP contribution is 2.30. The van der Waals surface area contributed by atoms with Crippen LogP contribution in [0.3, 0.4) is 0 Å². The molecule has 49 heavy (non-hydrogen) atoms. The van der Waals surface area contributed by atoms with Crippen molar-refractivity contribution in [3.05, 3.63) is 67.0 Å². The lowest BCUT2D eigenvalue weighted by Crippen LogP contribution is -2.47. The van der Waals surface area contributed by atoms with Crippen LogP contribution in [-0.2, 0) is 14.4 Å². The fourth-order valence-corrected chi connectivity index (χ4v) is 3.75. The maximum Gasteiger partial charge on any atom is 0.490 e. The van der Waals surface area contributed by atoms with Crippen LogP contribution in [0.2, 0.25) is 0 Å². The van der Waals surface area contributed by atoms with E-state index in [1.807, 2.05) is 30.5 Å². The van der Waals surface area contributed by atoms with Gasteiger partial charge in [0.15, 0.2) is 0 Å². The van der Waals surface area contributed by atoms with Crippen LogP contribution in [0.4, 0.5) is 55.4 Å². The molecule has 12 nitrogen and oxygen atoms in total. The van der Waals surface area contributed by atoms with Gasteiger partial charge < -0.3 is 25.1 Å². The number of anilines is 2. The molecule has 4 N–H and O–H groups in total. The number of rotatable bonds is 3. The second-order valence-electron chi connectivity index (χ2n) is 9.25. The van der Waals surface area contributed by atoms with Crippen molar-refractivity contribution in [2.45, 2.75) is 18.5 Å². The number of piperazine rings is 1. The summed E-state index contributed by atoms with van der Waals surface area (Å²) in [4.78, 5) is 40.0. The first-order valence-electron chi connectivity index (χ1n) is 13.0. The van der Waals surface area contributed by atoms with Crippen LogP contribution >= 0.6 is 0 Å². The van der Waals surface area contributed by atoms with Crippen molar-refractivity contribution in [2.24, 2.45) is 0 Å². The lowest BCUT2D eigenvalue weighted by atomic mass is 10.1. The second kappa shape index (κ2) is 16.4. The molecule has 0 atom stereocenters. The average molecular weight is 716 g/mol. The number of aliphatic carboxylic acids is 3. The summed E-state index contributed by atoms with van der Waals surface area (Å²) in [7, 11) is 0. The maximum absolute atomic E-state index is 14.1. The van der Waals surface area contributed by atoms with Crippen molar-refractivity contribution in [3.8, 4) is 11.1 Å². The zero-order chi connectivity index (χ0) is 37.2. The fraction of sp³-hybridized carbons (Fsp3) is 0.259. The molecule has 1 aliphatic rings. The third-order valence-corrected chi connectivity index (χ3v) is 5.95. The summed E-state index contributed by atoms with van der Waals surface area (Å²) in [5, 5.41) is 29.3. The van der Waals surface area contributed by atoms with Crippen LogP contribution in [0.1, 0.15) is 0 Å². The molecule has 0 radical (unpaired) electrons. The number of benzene rings is 2. The molecule has 0 spiro atoms. The van der Waals surface area contributed by atoms with Gasteiger partial charge in [0, 0.05) is 43.3 Å². The SMILES string of the molecule is Fc1ccccc1N1CCN(c2ncnc3ccc(-c4cn[nH]c4)cc23)CC1.O=C(O)C(F)(F)F.O=C(O)C(F)(F)F.O=C(O)C(F)(F)F. The minimum Gasteiger partial charge on any atom is -0.475 e. The zero-order valence-electron chi connectivity index (χ0n) is 24.2. The molecule has 3 heterocycles. The van der Waals surface area contributed by atoms with Crippen molar-refractivity contribution < 1.29 is 73.6 Å². The van der Waals surface area contributed by atoms with Gasteiger partial charge in [0.2, 0.25) is 0 Å². The number of hydrogen-bond donors (Lipinski definition) is 4. The maximum atomic E-state index is 14.1. The van der Waals surface area contributed by atoms with E-state index in [0.717, 1.165) is 54.0 Å². The number of halogens is 10. The van der Waals surface area contributed by atoms with Crippen LogP contribution < -0.4 is 9.80 Å². The summed E-state index contributed by atoms with van der Waals surface area (Å²) >= 11 is 0. The summed E-state index contributed by atoms with van der Waals surface area (Å²) in [5.74, 6) is -7.52. The van der Waals surface area contributed by atoms with Crippen molar-refractivity contribution in [2.75, 3.05) is 36.0 Å². The van der Waals surface area contributed by atoms with E-state index in [4.69, 9.17) is 29.7 Å². The van der Waals surface area contributed by atoms with Gasteiger partial charge in [0.05, 0.1) is 17.4 Å². The van der Waals surface area contributed by atoms with Gasteiger partial charge in [0.1, 0.15) is 18.0 Å². The first-order valence-corrected chi connectivity index (χ1v) is 13.0. The standard InChI is InChI=1S/C21H19FN6.3C2HF3O2/c22-18-3-1-2-4-20(18)27-7-9-28(10-8-27)21-17-11-15(16-12-25-26-13-16)5-6-19(17)23-14-24-21;3*3-2(4,5)1(6)7/h1-6,11-14H,7-10H2,(H,25,26);3*(H,6,7). The molecule has 4 aromatic rings. The van der Waals surface area contributed by atoms with Gasteiger partial charge in [-0.3, -0.25) is 5.10 Å². The highest BCUT2D eigenvalue weighted by Gasteiger charge is 2.39. The Bertz CT molecular complexity index is 1650. The first-order chi connectivity index (χ1) is 22.6. The van der Waals surface area contributed by atoms with Crippen LogP contribution in [0.25, 0.3) is 22.0 Å². The Morgan fingerprint density at radius 2 is 1.18 bits per heavy atom. The number of aromatic nitrogens is 4. The number of alkyl halides is 9. The topological polar surface area (TPSA) is 173 Å². The number of aromatic amines is 1. The molecule has 2 aromatic carbocycles. The summed E-state index contributed by atoms with van der Waals surface area (Å²) in [5.41, 5.74) is 3.68. The molecule has 0 unspecified atom stereocenters. The number of fused-ring (bicyclic) bond motifs is 1. The van der Waals surface area contributed by atoms with E-state index < -0.39 is 36.4 Å². The average Bonchev–Trinajstić information content (AvgIpc) is 3.56. The molecule has 0 aliphatic carbocycles. The van der Waals surface area contributed by atoms with Crippen molar-refractivity contribution in [1.82, 2.24) is 20.2 Å². The quantitative estimate of drug-likeness (QED) is 0.201. The summed E-state index contributed by atoms with van der Waals surface area (Å²) in [6.07, 6.45) is -9.96. The highest BCUT2D eigenvalue weighted by atomic mass is 19.4. The Labute approximate surface area is 267 Å². The Kier molecular flexibility index (Phi) is 13.2. The van der Waals surface area contributed by atoms with Crippen LogP contribution in [0.5, 0.6) is 0 Å². The molecule has 0 saturated carbocycles. The number of para-hydroxylation sites is 1. The van der Waals surface area contributed by atoms with Gasteiger partial charge in [-0.1, -0.05) is 18.2 Å². The fourth-order valence-electron chi connectivity index (χ4n) is 3.75. The number of H-pyrrole nitrogens is 1. The van der Waals surface area contributed by atoms with E-state index in [-0.39, 0.29) is 5.82 Å². The van der Waals surface area contributed by atoms with Gasteiger partial charge in [-0.05, 0) is 29.8 Å². The summed E-state index contributed by atoms with van der Waals surface area (Å²) in [6, 6.07) is 13.1. The smallest absolute Gasteiger partial charge is 0.475 e. The van der Waals surface area contributed by atoms with Crippen LogP contribution in [-0.4, -0.2) is 98.1 Å². The van der Waals surface area contributed by atoms with Crippen LogP contribution in [0.15, 0.2) is 61.2 Å². The molecule has 1 saturated heterocycles. The van der Waals surface area contributed by atoms with E-state index >= 15 is 0 Å². The minimum atomic E-state index is -5.08. The predicted octanol–water partition coefficient (Wildman–Crippen LogP) is 5.39. The van der Waals surface area contributed by atoms with Gasteiger partial charge in [-0.2, -0.15) is 44.6 Å². The molecule has 0 amide bonds. The molecular formula is C27H22F10N6O6. The molecule has 1 aliphatic heterocycles. The molecule has 5 rings (SSSR count). The number of carbonyl (C=O) groups is 3. The van der Waals surface area contributed by atoms with Crippen LogP contribution in [0, 0.1) is 5.82 Å². The molecule has 22 heteroatoms. The van der Waals surface area contributed by atoms with Crippen molar-refractivity contribution in [1.29, 1.82) is 0 Å². The Balaban J connectivity index is 0.000000325. The number of carboxylic acid groups (broad SMARTS) is 3. The van der Waals surface area contributed by atoms with E-state index in [0.29, 0.717) is 5.69 Å². The summed E-state index contributed by atoms with van der Waals surface area (Å²) in [6.45, 7) is 3.04. The lowest BCUT2D eigenvalue weighted by molar-refractivity contribution is -0.193. The van der Waals surface area contributed by atoms with E-state index in [1.54, 1.807) is 18.6 Å². The third-order valence-electron chi connectivity index (χ3n) is 5.95. The largest absolute Gasteiger partial charge is 0.490 e. The number of hydrogen-bond acceptors (Lipinski definition) is 8. The summed E-state index contributed by atoms with van der Waals surface area (Å²) < 4.78 is 109. The van der Waals surface area contributed by atoms with Gasteiger partial charge >= 0.3 is 36.4 Å². The molecule has 0 bridgehead atoms. The number of nitrogens with zero attached hydrogens (tertiary/aromatic N) is 5. The second-order valence-corrected chi connectivity index (χ2v) is 9.25. The third kappa shape index (κ3) is 12.1. The normalized spacial score (nSPS) is 13.2. The molecular weight excluding hydrogens is 694 g/mol. The lowest BCUT2D eigenvalue weighted by Gasteiger charge is -2.37. The van der Waals surface area contributed by atoms with E-state index in [2.05, 4.69) is 36.0 Å². The van der Waals surface area contributed by atoms with E-state index in [1.165, 1.54) is 6.07 Å². The number of nitrogens with one attached hydrogen (secondary N) is 1. The van der Waals surface area contributed by atoms with Gasteiger partial charge in [-0.15, -0.1) is 0 Å².